The molecule has 0 spiro atoms. The molecule has 1 unspecified atom stereocenters. The van der Waals surface area contributed by atoms with Gasteiger partial charge in [0, 0.05) is 11.1 Å². The maximum absolute atomic E-state index is 12.6. The molecule has 3 heteroatoms. The van der Waals surface area contributed by atoms with Gasteiger partial charge in [-0.2, -0.15) is 0 Å². The third-order valence-electron chi connectivity index (χ3n) is 3.91. The van der Waals surface area contributed by atoms with Crippen LogP contribution in [0.25, 0.3) is 0 Å². The van der Waals surface area contributed by atoms with Gasteiger partial charge in [0.1, 0.15) is 18.5 Å². The van der Waals surface area contributed by atoms with Crippen molar-refractivity contribution in [1.29, 1.82) is 0 Å². The highest BCUT2D eigenvalue weighted by molar-refractivity contribution is 6.09. The summed E-state index contributed by atoms with van der Waals surface area (Å²) in [6, 6.07) is 15.1. The van der Waals surface area contributed by atoms with Gasteiger partial charge < -0.3 is 9.47 Å². The summed E-state index contributed by atoms with van der Waals surface area (Å²) in [5.41, 5.74) is 2.39. The zero-order valence-corrected chi connectivity index (χ0v) is 13.8. The van der Waals surface area contributed by atoms with Gasteiger partial charge in [0.15, 0.2) is 5.78 Å². The van der Waals surface area contributed by atoms with Crippen LogP contribution >= 0.6 is 0 Å². The fourth-order valence-corrected chi connectivity index (χ4v) is 2.51. The Balaban J connectivity index is 1.92. The second-order valence-corrected chi connectivity index (χ2v) is 6.92. The van der Waals surface area contributed by atoms with Crippen molar-refractivity contribution < 1.29 is 14.3 Å². The largest absolute Gasteiger partial charge is 0.490 e. The fourth-order valence-electron chi connectivity index (χ4n) is 2.51. The molecule has 1 heterocycles. The Labute approximate surface area is 137 Å². The summed E-state index contributed by atoms with van der Waals surface area (Å²) in [5, 5.41) is 0. The van der Waals surface area contributed by atoms with E-state index >= 15 is 0 Å². The first-order valence-electron chi connectivity index (χ1n) is 7.94. The smallest absolute Gasteiger partial charge is 0.193 e. The molecule has 3 rings (SSSR count). The summed E-state index contributed by atoms with van der Waals surface area (Å²) in [5.74, 6) is 0.786. The first-order valence-corrected chi connectivity index (χ1v) is 7.94. The molecule has 0 aromatic heterocycles. The summed E-state index contributed by atoms with van der Waals surface area (Å²) < 4.78 is 11.1. The van der Waals surface area contributed by atoms with Crippen LogP contribution in [0.3, 0.4) is 0 Å². The summed E-state index contributed by atoms with van der Waals surface area (Å²) in [7, 11) is 0. The third kappa shape index (κ3) is 3.80. The van der Waals surface area contributed by atoms with E-state index in [0.29, 0.717) is 17.7 Å². The van der Waals surface area contributed by atoms with Gasteiger partial charge in [0.05, 0.1) is 6.61 Å². The summed E-state index contributed by atoms with van der Waals surface area (Å²) in [6.45, 7) is 7.71. The Kier molecular flexibility index (Phi) is 4.22. The van der Waals surface area contributed by atoms with Crippen molar-refractivity contribution in [3.05, 3.63) is 65.2 Å². The second kappa shape index (κ2) is 6.17. The van der Waals surface area contributed by atoms with Crippen LogP contribution in [0.5, 0.6) is 5.75 Å². The molecular weight excluding hydrogens is 288 g/mol. The van der Waals surface area contributed by atoms with E-state index in [0.717, 1.165) is 17.9 Å². The van der Waals surface area contributed by atoms with Gasteiger partial charge in [0.2, 0.25) is 0 Å². The highest BCUT2D eigenvalue weighted by Gasteiger charge is 2.26. The molecule has 0 saturated carbocycles. The van der Waals surface area contributed by atoms with Crippen molar-refractivity contribution in [2.75, 3.05) is 13.2 Å². The number of hydrogen-bond acceptors (Lipinski definition) is 3. The van der Waals surface area contributed by atoms with Gasteiger partial charge in [-0.15, -0.1) is 0 Å². The monoisotopic (exact) mass is 310 g/mol. The van der Waals surface area contributed by atoms with Crippen LogP contribution in [0.2, 0.25) is 0 Å². The Morgan fingerprint density at radius 3 is 2.43 bits per heavy atom. The van der Waals surface area contributed by atoms with E-state index < -0.39 is 0 Å². The van der Waals surface area contributed by atoms with Crippen molar-refractivity contribution in [3.63, 3.8) is 0 Å². The number of epoxide rings is 1. The van der Waals surface area contributed by atoms with Crippen molar-refractivity contribution in [1.82, 2.24) is 0 Å². The molecule has 0 amide bonds. The van der Waals surface area contributed by atoms with Gasteiger partial charge in [-0.25, -0.2) is 0 Å². The molecule has 0 aliphatic carbocycles. The predicted molar refractivity (Wildman–Crippen MR) is 90.3 cm³/mol. The molecule has 1 aliphatic heterocycles. The van der Waals surface area contributed by atoms with Crippen LogP contribution in [0.15, 0.2) is 48.5 Å². The highest BCUT2D eigenvalue weighted by atomic mass is 16.6. The molecule has 1 aliphatic rings. The van der Waals surface area contributed by atoms with Crippen molar-refractivity contribution in [2.45, 2.75) is 32.3 Å². The van der Waals surface area contributed by atoms with Crippen LogP contribution in [-0.2, 0) is 10.2 Å². The zero-order chi connectivity index (χ0) is 16.4. The molecule has 1 fully saturated rings. The average Bonchev–Trinajstić information content (AvgIpc) is 3.36. The molecule has 120 valence electrons. The fraction of sp³-hybridized carbons (Fsp3) is 0.350. The van der Waals surface area contributed by atoms with Gasteiger partial charge >= 0.3 is 0 Å². The molecule has 0 N–H and O–H groups in total. The van der Waals surface area contributed by atoms with E-state index in [4.69, 9.17) is 9.47 Å². The summed E-state index contributed by atoms with van der Waals surface area (Å²) in [6.07, 6.45) is 0.191. The summed E-state index contributed by atoms with van der Waals surface area (Å²) >= 11 is 0. The first kappa shape index (κ1) is 15.8. The Morgan fingerprint density at radius 2 is 1.83 bits per heavy atom. The van der Waals surface area contributed by atoms with Crippen molar-refractivity contribution in [3.8, 4) is 5.75 Å². The average molecular weight is 310 g/mol. The molecule has 2 aromatic rings. The van der Waals surface area contributed by atoms with Crippen LogP contribution in [0.1, 0.15) is 42.3 Å². The minimum atomic E-state index is -0.0476. The first-order chi connectivity index (χ1) is 10.9. The Hall–Kier alpha value is -2.13. The predicted octanol–water partition coefficient (Wildman–Crippen LogP) is 3.99. The van der Waals surface area contributed by atoms with Gasteiger partial charge in [0.25, 0.3) is 0 Å². The van der Waals surface area contributed by atoms with Gasteiger partial charge in [-0.1, -0.05) is 63.2 Å². The van der Waals surface area contributed by atoms with E-state index in [1.165, 1.54) is 0 Å². The van der Waals surface area contributed by atoms with Crippen LogP contribution in [0.4, 0.5) is 0 Å². The number of carbonyl (C=O) groups is 1. The quantitative estimate of drug-likeness (QED) is 0.619. The van der Waals surface area contributed by atoms with Crippen LogP contribution in [0, 0.1) is 0 Å². The van der Waals surface area contributed by atoms with E-state index in [1.54, 1.807) is 0 Å². The van der Waals surface area contributed by atoms with Crippen molar-refractivity contribution in [2.24, 2.45) is 0 Å². The molecule has 2 aromatic carbocycles. The van der Waals surface area contributed by atoms with Crippen molar-refractivity contribution >= 4 is 5.78 Å². The van der Waals surface area contributed by atoms with E-state index in [-0.39, 0.29) is 17.3 Å². The maximum Gasteiger partial charge on any atom is 0.193 e. The minimum Gasteiger partial charge on any atom is -0.490 e. The lowest BCUT2D eigenvalue weighted by Crippen LogP contribution is -2.16. The molecule has 23 heavy (non-hydrogen) atoms. The second-order valence-electron chi connectivity index (χ2n) is 6.92. The number of benzene rings is 2. The van der Waals surface area contributed by atoms with Crippen LogP contribution < -0.4 is 4.74 Å². The summed E-state index contributed by atoms with van der Waals surface area (Å²) in [4.78, 5) is 12.6. The number of ketones is 1. The Bertz CT molecular complexity index is 695. The molecular formula is C20H22O3. The number of hydrogen-bond donors (Lipinski definition) is 0. The van der Waals surface area contributed by atoms with E-state index in [2.05, 4.69) is 20.8 Å². The third-order valence-corrected chi connectivity index (χ3v) is 3.91. The van der Waals surface area contributed by atoms with E-state index in [9.17, 15) is 4.79 Å². The lowest BCUT2D eigenvalue weighted by molar-refractivity contribution is 0.103. The molecule has 0 bridgehead atoms. The molecule has 1 atom stereocenters. The van der Waals surface area contributed by atoms with Gasteiger partial charge in [-0.3, -0.25) is 4.79 Å². The molecule has 3 nitrogen and oxygen atoms in total. The van der Waals surface area contributed by atoms with E-state index in [1.807, 2.05) is 48.5 Å². The lowest BCUT2D eigenvalue weighted by atomic mass is 9.85. The molecule has 1 saturated heterocycles. The topological polar surface area (TPSA) is 38.8 Å². The van der Waals surface area contributed by atoms with Gasteiger partial charge in [-0.05, 0) is 17.0 Å². The lowest BCUT2D eigenvalue weighted by Gasteiger charge is -2.23. The molecule has 0 radical (unpaired) electrons. The highest BCUT2D eigenvalue weighted by Crippen LogP contribution is 2.33. The van der Waals surface area contributed by atoms with Crippen LogP contribution in [-0.4, -0.2) is 25.1 Å². The zero-order valence-electron chi connectivity index (χ0n) is 13.8. The number of rotatable bonds is 5. The minimum absolute atomic E-state index is 0.0126. The Morgan fingerprint density at radius 1 is 1.13 bits per heavy atom. The number of carbonyl (C=O) groups excluding carboxylic acids is 1. The number of ether oxygens (including phenoxy) is 2. The standard InChI is InChI=1S/C20H22O3/c1-20(2,3)17-10-9-15(11-18(17)23-13-16-12-22-16)19(21)14-7-5-4-6-8-14/h4-11,16H,12-13H2,1-3H3. The normalized spacial score (nSPS) is 16.9. The maximum atomic E-state index is 12.6. The SMILES string of the molecule is CC(C)(C)c1ccc(C(=O)c2ccccc2)cc1OCC1CO1.